The van der Waals surface area contributed by atoms with E-state index >= 15 is 0 Å². The summed E-state index contributed by atoms with van der Waals surface area (Å²) in [5, 5.41) is 5.17. The van der Waals surface area contributed by atoms with Gasteiger partial charge in [0.15, 0.2) is 0 Å². The lowest BCUT2D eigenvalue weighted by atomic mass is 10.2. The van der Waals surface area contributed by atoms with Crippen molar-refractivity contribution >= 4 is 18.0 Å². The van der Waals surface area contributed by atoms with Crippen LogP contribution in [-0.4, -0.2) is 24.4 Å². The maximum absolute atomic E-state index is 5.68. The maximum Gasteiger partial charge on any atom is 0.217 e. The molecule has 0 amide bonds. The molecule has 0 atom stereocenters. The van der Waals surface area contributed by atoms with Gasteiger partial charge in [-0.3, -0.25) is 0 Å². The lowest BCUT2D eigenvalue weighted by molar-refractivity contribution is 0.540. The zero-order chi connectivity index (χ0) is 11.3. The number of aliphatic imine (C=N–C) groups is 1. The van der Waals surface area contributed by atoms with E-state index in [1.54, 1.807) is 7.05 Å². The van der Waals surface area contributed by atoms with Gasteiger partial charge in [-0.1, -0.05) is 17.7 Å². The molecule has 1 aromatic carbocycles. The van der Waals surface area contributed by atoms with Crippen molar-refractivity contribution in [2.45, 2.75) is 6.92 Å². The third-order valence-electron chi connectivity index (χ3n) is 1.85. The molecule has 0 aromatic heterocycles. The van der Waals surface area contributed by atoms with Gasteiger partial charge in [-0.15, -0.1) is 0 Å². The Labute approximate surface area is 89.1 Å². The standard InChI is InChI=1S/C10H15N5/c1-8-3-5-9(6-4-8)14-10(12)15(2)13-7-11/h3-7H,1-2H3,(H2,11,13)(H2,12,14). The molecule has 15 heavy (non-hydrogen) atoms. The van der Waals surface area contributed by atoms with E-state index in [4.69, 9.17) is 11.5 Å². The molecule has 5 nitrogen and oxygen atoms in total. The SMILES string of the molecule is Cc1ccc(N=C(N)N(C)/N=C/N)cc1. The molecular formula is C10H15N5. The van der Waals surface area contributed by atoms with Crippen molar-refractivity contribution in [2.75, 3.05) is 7.05 Å². The number of aryl methyl sites for hydroxylation is 1. The van der Waals surface area contributed by atoms with Crippen LogP contribution in [0, 0.1) is 6.92 Å². The van der Waals surface area contributed by atoms with Crippen LogP contribution in [0.5, 0.6) is 0 Å². The quantitative estimate of drug-likeness (QED) is 0.425. The highest BCUT2D eigenvalue weighted by atomic mass is 15.5. The Hall–Kier alpha value is -2.04. The lowest BCUT2D eigenvalue weighted by Crippen LogP contribution is -2.29. The van der Waals surface area contributed by atoms with Crippen LogP contribution in [-0.2, 0) is 0 Å². The summed E-state index contributed by atoms with van der Waals surface area (Å²) in [4.78, 5) is 4.17. The number of hydrazone groups is 1. The third kappa shape index (κ3) is 3.30. The summed E-state index contributed by atoms with van der Waals surface area (Å²) in [6.07, 6.45) is 1.16. The Balaban J connectivity index is 2.82. The molecule has 1 aromatic rings. The molecule has 0 aliphatic heterocycles. The molecule has 0 aliphatic rings. The van der Waals surface area contributed by atoms with Crippen molar-refractivity contribution < 1.29 is 0 Å². The molecule has 0 bridgehead atoms. The maximum atomic E-state index is 5.68. The smallest absolute Gasteiger partial charge is 0.217 e. The summed E-state index contributed by atoms with van der Waals surface area (Å²) in [6, 6.07) is 7.72. The summed E-state index contributed by atoms with van der Waals surface area (Å²) in [5.74, 6) is 0.292. The number of rotatable bonds is 2. The van der Waals surface area contributed by atoms with E-state index in [9.17, 15) is 0 Å². The van der Waals surface area contributed by atoms with E-state index in [1.807, 2.05) is 31.2 Å². The highest BCUT2D eigenvalue weighted by molar-refractivity contribution is 5.81. The second-order valence-corrected chi connectivity index (χ2v) is 3.09. The molecule has 4 N–H and O–H groups in total. The fraction of sp³-hybridized carbons (Fsp3) is 0.200. The second-order valence-electron chi connectivity index (χ2n) is 3.09. The fourth-order valence-electron chi connectivity index (χ4n) is 0.983. The zero-order valence-electron chi connectivity index (χ0n) is 8.88. The first-order valence-corrected chi connectivity index (χ1v) is 4.52. The van der Waals surface area contributed by atoms with E-state index in [2.05, 4.69) is 10.1 Å². The summed E-state index contributed by atoms with van der Waals surface area (Å²) in [5.41, 5.74) is 12.8. The highest BCUT2D eigenvalue weighted by Crippen LogP contribution is 2.12. The minimum absolute atomic E-state index is 0.292. The molecule has 0 saturated heterocycles. The van der Waals surface area contributed by atoms with Crippen LogP contribution >= 0.6 is 0 Å². The third-order valence-corrected chi connectivity index (χ3v) is 1.85. The molecular weight excluding hydrogens is 190 g/mol. The first kappa shape index (κ1) is 11.0. The van der Waals surface area contributed by atoms with Gasteiger partial charge < -0.3 is 11.5 Å². The number of guanidine groups is 1. The molecule has 5 heteroatoms. The fourth-order valence-corrected chi connectivity index (χ4v) is 0.983. The Morgan fingerprint density at radius 3 is 2.47 bits per heavy atom. The Morgan fingerprint density at radius 2 is 1.93 bits per heavy atom. The average molecular weight is 205 g/mol. The Kier molecular flexibility index (Phi) is 3.68. The Bertz CT molecular complexity index is 366. The lowest BCUT2D eigenvalue weighted by Gasteiger charge is -2.10. The van der Waals surface area contributed by atoms with Crippen LogP contribution in [0.2, 0.25) is 0 Å². The molecule has 0 unspecified atom stereocenters. The van der Waals surface area contributed by atoms with Crippen molar-refractivity contribution in [3.8, 4) is 0 Å². The van der Waals surface area contributed by atoms with Crippen LogP contribution in [0.15, 0.2) is 34.4 Å². The summed E-state index contributed by atoms with van der Waals surface area (Å²) in [7, 11) is 1.68. The molecule has 0 saturated carbocycles. The van der Waals surface area contributed by atoms with Crippen LogP contribution in [0.1, 0.15) is 5.56 Å². The van der Waals surface area contributed by atoms with Crippen molar-refractivity contribution in [2.24, 2.45) is 21.6 Å². The molecule has 0 spiro atoms. The Morgan fingerprint density at radius 1 is 1.33 bits per heavy atom. The predicted octanol–water partition coefficient (Wildman–Crippen LogP) is 0.775. The van der Waals surface area contributed by atoms with Gasteiger partial charge in [0.25, 0.3) is 0 Å². The van der Waals surface area contributed by atoms with E-state index in [1.165, 1.54) is 10.6 Å². The second kappa shape index (κ2) is 4.99. The van der Waals surface area contributed by atoms with Gasteiger partial charge in [-0.2, -0.15) is 5.10 Å². The minimum Gasteiger partial charge on any atom is -0.388 e. The van der Waals surface area contributed by atoms with Crippen molar-refractivity contribution in [3.05, 3.63) is 29.8 Å². The van der Waals surface area contributed by atoms with Crippen molar-refractivity contribution in [1.29, 1.82) is 0 Å². The first-order chi connectivity index (χ1) is 7.13. The van der Waals surface area contributed by atoms with Gasteiger partial charge >= 0.3 is 0 Å². The monoisotopic (exact) mass is 205 g/mol. The topological polar surface area (TPSA) is 80.0 Å². The normalized spacial score (nSPS) is 12.0. The van der Waals surface area contributed by atoms with Gasteiger partial charge in [0.05, 0.1) is 5.69 Å². The first-order valence-electron chi connectivity index (χ1n) is 4.52. The van der Waals surface area contributed by atoms with Gasteiger partial charge in [0, 0.05) is 7.05 Å². The number of nitrogens with two attached hydrogens (primary N) is 2. The summed E-state index contributed by atoms with van der Waals surface area (Å²) >= 11 is 0. The van der Waals surface area contributed by atoms with Gasteiger partial charge in [-0.25, -0.2) is 10.0 Å². The largest absolute Gasteiger partial charge is 0.388 e. The molecule has 0 aliphatic carbocycles. The summed E-state index contributed by atoms with van der Waals surface area (Å²) < 4.78 is 0. The molecule has 0 fully saturated rings. The van der Waals surface area contributed by atoms with Gasteiger partial charge in [0.2, 0.25) is 5.96 Å². The number of hydrogen-bond donors (Lipinski definition) is 2. The number of nitrogens with zero attached hydrogens (tertiary/aromatic N) is 3. The molecule has 0 heterocycles. The molecule has 0 radical (unpaired) electrons. The minimum atomic E-state index is 0.292. The van der Waals surface area contributed by atoms with E-state index in [0.29, 0.717) is 5.96 Å². The van der Waals surface area contributed by atoms with Crippen LogP contribution in [0.4, 0.5) is 5.69 Å². The van der Waals surface area contributed by atoms with Crippen LogP contribution < -0.4 is 11.5 Å². The van der Waals surface area contributed by atoms with Gasteiger partial charge in [0.1, 0.15) is 6.34 Å². The highest BCUT2D eigenvalue weighted by Gasteiger charge is 1.98. The van der Waals surface area contributed by atoms with Gasteiger partial charge in [-0.05, 0) is 19.1 Å². The van der Waals surface area contributed by atoms with Crippen LogP contribution in [0.25, 0.3) is 0 Å². The summed E-state index contributed by atoms with van der Waals surface area (Å²) in [6.45, 7) is 2.02. The average Bonchev–Trinajstić information content (AvgIpc) is 2.22. The zero-order valence-corrected chi connectivity index (χ0v) is 8.88. The van der Waals surface area contributed by atoms with Crippen molar-refractivity contribution in [1.82, 2.24) is 5.01 Å². The van der Waals surface area contributed by atoms with E-state index in [0.717, 1.165) is 12.0 Å². The predicted molar refractivity (Wildman–Crippen MR) is 62.9 cm³/mol. The number of benzene rings is 1. The van der Waals surface area contributed by atoms with E-state index < -0.39 is 0 Å². The molecule has 1 rings (SSSR count). The number of hydrogen-bond acceptors (Lipinski definition) is 2. The van der Waals surface area contributed by atoms with E-state index in [-0.39, 0.29) is 0 Å². The molecule has 80 valence electrons. The van der Waals surface area contributed by atoms with Crippen LogP contribution in [0.3, 0.4) is 0 Å². The van der Waals surface area contributed by atoms with Crippen molar-refractivity contribution in [3.63, 3.8) is 0 Å².